The van der Waals surface area contributed by atoms with Crippen LogP contribution in [0.4, 0.5) is 13.2 Å². The molecule has 0 saturated carbocycles. The Bertz CT molecular complexity index is 1370. The molecule has 1 aromatic heterocycles. The predicted octanol–water partition coefficient (Wildman–Crippen LogP) is 8.10. The van der Waals surface area contributed by atoms with Crippen LogP contribution in [0.5, 0.6) is 17.2 Å². The van der Waals surface area contributed by atoms with Gasteiger partial charge in [-0.1, -0.05) is 47.5 Å². The van der Waals surface area contributed by atoms with Gasteiger partial charge in [0.1, 0.15) is 17.2 Å². The van der Waals surface area contributed by atoms with Crippen LogP contribution in [-0.4, -0.2) is 25.6 Å². The van der Waals surface area contributed by atoms with Crippen molar-refractivity contribution in [2.45, 2.75) is 13.3 Å². The quantitative estimate of drug-likeness (QED) is 0.273. The highest BCUT2D eigenvalue weighted by Crippen LogP contribution is 2.41. The number of hydrogen-bond donors (Lipinski definition) is 0. The molecule has 9 heteroatoms. The van der Waals surface area contributed by atoms with Crippen LogP contribution in [0.2, 0.25) is 10.0 Å². The summed E-state index contributed by atoms with van der Waals surface area (Å²) >= 11 is 13.0. The van der Waals surface area contributed by atoms with Crippen LogP contribution in [0.1, 0.15) is 5.69 Å². The van der Waals surface area contributed by atoms with Gasteiger partial charge in [-0.15, -0.1) is 13.2 Å². The molecule has 0 aliphatic rings. The maximum Gasteiger partial charge on any atom is 0.573 e. The van der Waals surface area contributed by atoms with Crippen molar-refractivity contribution in [3.63, 3.8) is 0 Å². The summed E-state index contributed by atoms with van der Waals surface area (Å²) in [4.78, 5) is 4.65. The molecular formula is C25H18Cl2F3NO3. The molecule has 0 radical (unpaired) electrons. The molecule has 0 N–H and O–H groups in total. The molecule has 4 nitrogen and oxygen atoms in total. The van der Waals surface area contributed by atoms with E-state index >= 15 is 0 Å². The molecule has 176 valence electrons. The van der Waals surface area contributed by atoms with Crippen molar-refractivity contribution in [2.75, 3.05) is 14.2 Å². The number of aryl methyl sites for hydroxylation is 1. The number of benzene rings is 3. The summed E-state index contributed by atoms with van der Waals surface area (Å²) < 4.78 is 52.6. The Hall–Kier alpha value is -3.16. The van der Waals surface area contributed by atoms with Gasteiger partial charge in [0.05, 0.1) is 29.8 Å². The average Bonchev–Trinajstić information content (AvgIpc) is 2.79. The second-order valence-corrected chi connectivity index (χ2v) is 8.16. The van der Waals surface area contributed by atoms with Crippen molar-refractivity contribution >= 4 is 34.1 Å². The van der Waals surface area contributed by atoms with E-state index < -0.39 is 6.36 Å². The van der Waals surface area contributed by atoms with Crippen LogP contribution in [0.25, 0.3) is 33.2 Å². The molecule has 0 aliphatic carbocycles. The Morgan fingerprint density at radius 3 is 2.09 bits per heavy atom. The topological polar surface area (TPSA) is 40.6 Å². The smallest absolute Gasteiger partial charge is 0.496 e. The first-order valence-electron chi connectivity index (χ1n) is 9.99. The zero-order valence-electron chi connectivity index (χ0n) is 18.3. The molecule has 0 spiro atoms. The van der Waals surface area contributed by atoms with Gasteiger partial charge >= 0.3 is 6.36 Å². The van der Waals surface area contributed by atoms with E-state index in [1.807, 2.05) is 19.1 Å². The van der Waals surface area contributed by atoms with E-state index in [0.717, 1.165) is 11.1 Å². The molecule has 1 heterocycles. The van der Waals surface area contributed by atoms with Crippen LogP contribution in [0, 0.1) is 6.92 Å². The number of alkyl halides is 3. The highest BCUT2D eigenvalue weighted by Gasteiger charge is 2.31. The van der Waals surface area contributed by atoms with Crippen LogP contribution in [0.3, 0.4) is 0 Å². The zero-order chi connectivity index (χ0) is 24.6. The first-order valence-corrected chi connectivity index (χ1v) is 10.7. The van der Waals surface area contributed by atoms with Gasteiger partial charge in [0.25, 0.3) is 0 Å². The molecule has 3 aromatic carbocycles. The highest BCUT2D eigenvalue weighted by atomic mass is 35.5. The first kappa shape index (κ1) is 24.0. The van der Waals surface area contributed by atoms with Gasteiger partial charge in [-0.25, -0.2) is 0 Å². The Morgan fingerprint density at radius 1 is 0.824 bits per heavy atom. The third-order valence-corrected chi connectivity index (χ3v) is 5.95. The Morgan fingerprint density at radius 2 is 1.47 bits per heavy atom. The minimum atomic E-state index is -4.79. The molecule has 0 amide bonds. The third kappa shape index (κ3) is 4.72. The van der Waals surface area contributed by atoms with Gasteiger partial charge in [-0.05, 0) is 42.3 Å². The predicted molar refractivity (Wildman–Crippen MR) is 127 cm³/mol. The Labute approximate surface area is 203 Å². The van der Waals surface area contributed by atoms with Gasteiger partial charge < -0.3 is 14.2 Å². The average molecular weight is 508 g/mol. The number of rotatable bonds is 5. The van der Waals surface area contributed by atoms with Crippen molar-refractivity contribution in [3.8, 4) is 39.5 Å². The number of fused-ring (bicyclic) bond motifs is 1. The van der Waals surface area contributed by atoms with E-state index in [2.05, 4.69) is 9.72 Å². The monoisotopic (exact) mass is 507 g/mol. The second kappa shape index (κ2) is 9.24. The standard InChI is InChI=1S/C25H18Cl2F3NO3/c1-13-23(24(27)18-11-19(26)22(33-3)12-20(18)31-13)15-6-4-14(5-7-15)17-10-16(34-25(28,29)30)8-9-21(17)32-2/h4-12H,1-3H3. The fourth-order valence-electron chi connectivity index (χ4n) is 3.76. The number of methoxy groups -OCH3 is 2. The number of pyridine rings is 1. The van der Waals surface area contributed by atoms with E-state index in [0.29, 0.717) is 49.3 Å². The molecule has 0 saturated heterocycles. The van der Waals surface area contributed by atoms with Gasteiger partial charge in [-0.2, -0.15) is 0 Å². The number of aromatic nitrogens is 1. The first-order chi connectivity index (χ1) is 16.1. The van der Waals surface area contributed by atoms with Gasteiger partial charge in [0, 0.05) is 28.3 Å². The maximum absolute atomic E-state index is 12.7. The number of hydrogen-bond acceptors (Lipinski definition) is 4. The molecular weight excluding hydrogens is 490 g/mol. The van der Waals surface area contributed by atoms with Crippen LogP contribution in [0.15, 0.2) is 54.6 Å². The lowest BCUT2D eigenvalue weighted by molar-refractivity contribution is -0.274. The summed E-state index contributed by atoms with van der Waals surface area (Å²) in [6, 6.07) is 14.5. The Balaban J connectivity index is 1.77. The van der Waals surface area contributed by atoms with E-state index in [4.69, 9.17) is 32.7 Å². The lowest BCUT2D eigenvalue weighted by Crippen LogP contribution is -2.17. The third-order valence-electron chi connectivity index (χ3n) is 5.27. The summed E-state index contributed by atoms with van der Waals surface area (Å²) in [5.74, 6) is 0.574. The van der Waals surface area contributed by atoms with Gasteiger partial charge in [-0.3, -0.25) is 4.98 Å². The summed E-state index contributed by atoms with van der Waals surface area (Å²) in [6.45, 7) is 1.84. The van der Waals surface area contributed by atoms with E-state index in [-0.39, 0.29) is 5.75 Å². The van der Waals surface area contributed by atoms with E-state index in [1.54, 1.807) is 24.3 Å². The van der Waals surface area contributed by atoms with Gasteiger partial charge in [0.2, 0.25) is 0 Å². The van der Waals surface area contributed by atoms with Crippen molar-refractivity contribution in [2.24, 2.45) is 0 Å². The molecule has 0 aliphatic heterocycles. The molecule has 4 aromatic rings. The summed E-state index contributed by atoms with van der Waals surface area (Å²) in [5.41, 5.74) is 3.96. The zero-order valence-corrected chi connectivity index (χ0v) is 19.8. The minimum Gasteiger partial charge on any atom is -0.496 e. The summed E-state index contributed by atoms with van der Waals surface area (Å²) in [7, 11) is 2.97. The number of ether oxygens (including phenoxy) is 3. The van der Waals surface area contributed by atoms with Crippen molar-refractivity contribution in [1.82, 2.24) is 4.98 Å². The lowest BCUT2D eigenvalue weighted by atomic mass is 9.97. The summed E-state index contributed by atoms with van der Waals surface area (Å²) in [6.07, 6.45) is -4.79. The minimum absolute atomic E-state index is 0.336. The highest BCUT2D eigenvalue weighted by molar-refractivity contribution is 6.39. The molecule has 34 heavy (non-hydrogen) atoms. The van der Waals surface area contributed by atoms with Crippen molar-refractivity contribution < 1.29 is 27.4 Å². The molecule has 0 unspecified atom stereocenters. The normalized spacial score (nSPS) is 11.5. The second-order valence-electron chi connectivity index (χ2n) is 7.38. The fourth-order valence-corrected chi connectivity index (χ4v) is 4.40. The van der Waals surface area contributed by atoms with E-state index in [9.17, 15) is 13.2 Å². The van der Waals surface area contributed by atoms with Gasteiger partial charge in [0.15, 0.2) is 0 Å². The van der Waals surface area contributed by atoms with Crippen molar-refractivity contribution in [3.05, 3.63) is 70.3 Å². The largest absolute Gasteiger partial charge is 0.573 e. The number of halogens is 5. The molecule has 4 rings (SSSR count). The van der Waals surface area contributed by atoms with Crippen LogP contribution < -0.4 is 14.2 Å². The lowest BCUT2D eigenvalue weighted by Gasteiger charge is -2.15. The molecule has 0 atom stereocenters. The Kier molecular flexibility index (Phi) is 6.51. The maximum atomic E-state index is 12.7. The van der Waals surface area contributed by atoms with Crippen LogP contribution >= 0.6 is 23.2 Å². The van der Waals surface area contributed by atoms with Crippen molar-refractivity contribution in [1.29, 1.82) is 0 Å². The SMILES string of the molecule is COc1cc2nc(C)c(-c3ccc(-c4cc(OC(F)(F)F)ccc4OC)cc3)c(Cl)c2cc1Cl. The summed E-state index contributed by atoms with van der Waals surface area (Å²) in [5, 5.41) is 1.57. The van der Waals surface area contributed by atoms with E-state index in [1.165, 1.54) is 32.4 Å². The number of nitrogens with zero attached hydrogens (tertiary/aromatic N) is 1. The van der Waals surface area contributed by atoms with Crippen LogP contribution in [-0.2, 0) is 0 Å². The molecule has 0 fully saturated rings. The fraction of sp³-hybridized carbons (Fsp3) is 0.160. The molecule has 0 bridgehead atoms.